The molecule has 2 aromatic heterocycles. The molecule has 31 heavy (non-hydrogen) atoms. The molecule has 0 bridgehead atoms. The molecule has 1 aromatic carbocycles. The number of para-hydroxylation sites is 1. The van der Waals surface area contributed by atoms with E-state index >= 15 is 0 Å². The van der Waals surface area contributed by atoms with Crippen LogP contribution in [-0.2, 0) is 16.1 Å². The summed E-state index contributed by atoms with van der Waals surface area (Å²) >= 11 is 1.49. The van der Waals surface area contributed by atoms with Gasteiger partial charge in [0.2, 0.25) is 0 Å². The van der Waals surface area contributed by atoms with Crippen LogP contribution in [0.25, 0.3) is 5.57 Å². The molecule has 0 spiro atoms. The molecular weight excluding hydrogens is 408 g/mol. The molecule has 4 heterocycles. The SMILES string of the molecule is O=C1C(c2cccs2)=C(N2CCN(c3ccccc3)CC2)C(=O)N1Cc1ccccn1. The van der Waals surface area contributed by atoms with Gasteiger partial charge in [-0.2, -0.15) is 0 Å². The van der Waals surface area contributed by atoms with Gasteiger partial charge >= 0.3 is 0 Å². The highest BCUT2D eigenvalue weighted by atomic mass is 32.1. The maximum Gasteiger partial charge on any atom is 0.278 e. The molecule has 0 radical (unpaired) electrons. The van der Waals surface area contributed by atoms with Gasteiger partial charge in [-0.1, -0.05) is 30.3 Å². The number of pyridine rings is 1. The van der Waals surface area contributed by atoms with Gasteiger partial charge in [0, 0.05) is 42.9 Å². The molecule has 156 valence electrons. The van der Waals surface area contributed by atoms with Gasteiger partial charge in [0.1, 0.15) is 5.70 Å². The van der Waals surface area contributed by atoms with E-state index in [1.165, 1.54) is 21.9 Å². The molecule has 6 nitrogen and oxygen atoms in total. The summed E-state index contributed by atoms with van der Waals surface area (Å²) in [6, 6.07) is 19.6. The zero-order valence-corrected chi connectivity index (χ0v) is 17.8. The standard InChI is InChI=1S/C24H22N4O2S/c29-23-21(20-10-6-16-31-20)22(24(30)28(23)17-18-7-4-5-11-25-18)27-14-12-26(13-15-27)19-8-2-1-3-9-19/h1-11,16H,12-15,17H2. The van der Waals surface area contributed by atoms with Crippen molar-refractivity contribution in [2.75, 3.05) is 31.1 Å². The van der Waals surface area contributed by atoms with Crippen LogP contribution < -0.4 is 4.90 Å². The van der Waals surface area contributed by atoms with Crippen molar-refractivity contribution < 1.29 is 9.59 Å². The Balaban J connectivity index is 1.42. The topological polar surface area (TPSA) is 56.8 Å². The number of carbonyl (C=O) groups is 2. The van der Waals surface area contributed by atoms with E-state index in [0.29, 0.717) is 30.1 Å². The van der Waals surface area contributed by atoms with Crippen LogP contribution in [0.1, 0.15) is 10.6 Å². The molecule has 1 saturated heterocycles. The largest absolute Gasteiger partial charge is 0.368 e. The molecule has 5 rings (SSSR count). The molecule has 2 amide bonds. The minimum absolute atomic E-state index is 0.181. The van der Waals surface area contributed by atoms with Crippen molar-refractivity contribution in [3.63, 3.8) is 0 Å². The zero-order valence-electron chi connectivity index (χ0n) is 17.0. The average molecular weight is 431 g/mol. The number of nitrogens with zero attached hydrogens (tertiary/aromatic N) is 4. The lowest BCUT2D eigenvalue weighted by atomic mass is 10.1. The van der Waals surface area contributed by atoms with E-state index in [-0.39, 0.29) is 18.4 Å². The van der Waals surface area contributed by atoms with Gasteiger partial charge in [-0.05, 0) is 35.7 Å². The van der Waals surface area contributed by atoms with E-state index in [1.54, 1.807) is 6.20 Å². The number of aromatic nitrogens is 1. The van der Waals surface area contributed by atoms with Gasteiger partial charge in [-0.15, -0.1) is 11.3 Å². The highest BCUT2D eigenvalue weighted by Crippen LogP contribution is 2.35. The quantitative estimate of drug-likeness (QED) is 0.582. The maximum absolute atomic E-state index is 13.4. The number of thiophene rings is 1. The van der Waals surface area contributed by atoms with Crippen molar-refractivity contribution >= 4 is 34.4 Å². The zero-order chi connectivity index (χ0) is 21.2. The molecule has 0 unspecified atom stereocenters. The van der Waals surface area contributed by atoms with Crippen LogP contribution in [0.2, 0.25) is 0 Å². The third kappa shape index (κ3) is 3.72. The van der Waals surface area contributed by atoms with E-state index < -0.39 is 0 Å². The van der Waals surface area contributed by atoms with Crippen molar-refractivity contribution in [2.45, 2.75) is 6.54 Å². The lowest BCUT2D eigenvalue weighted by Gasteiger charge is -2.37. The molecule has 1 fully saturated rings. The summed E-state index contributed by atoms with van der Waals surface area (Å²) in [4.78, 5) is 37.6. The summed E-state index contributed by atoms with van der Waals surface area (Å²) in [5, 5.41) is 1.94. The molecule has 7 heteroatoms. The molecule has 2 aliphatic heterocycles. The van der Waals surface area contributed by atoms with E-state index in [1.807, 2.05) is 53.9 Å². The Labute approximate surface area is 185 Å². The molecule has 0 atom stereocenters. The van der Waals surface area contributed by atoms with E-state index in [0.717, 1.165) is 18.0 Å². The smallest absolute Gasteiger partial charge is 0.278 e. The minimum atomic E-state index is -0.237. The van der Waals surface area contributed by atoms with Crippen molar-refractivity contribution in [3.05, 3.63) is 88.5 Å². The van der Waals surface area contributed by atoms with Crippen LogP contribution in [0.15, 0.2) is 77.9 Å². The Morgan fingerprint density at radius 2 is 1.55 bits per heavy atom. The second kappa shape index (κ2) is 8.35. The van der Waals surface area contributed by atoms with Crippen molar-refractivity contribution in [3.8, 4) is 0 Å². The van der Waals surface area contributed by atoms with E-state index in [4.69, 9.17) is 0 Å². The Bertz CT molecular complexity index is 1110. The van der Waals surface area contributed by atoms with Crippen LogP contribution in [0, 0.1) is 0 Å². The fourth-order valence-electron chi connectivity index (χ4n) is 4.12. The maximum atomic E-state index is 13.4. The van der Waals surface area contributed by atoms with Gasteiger partial charge in [0.25, 0.3) is 11.8 Å². The number of hydrogen-bond donors (Lipinski definition) is 0. The normalized spacial score (nSPS) is 17.1. The first-order valence-corrected chi connectivity index (χ1v) is 11.2. The van der Waals surface area contributed by atoms with Gasteiger partial charge in [0.15, 0.2) is 0 Å². The first-order valence-electron chi connectivity index (χ1n) is 10.3. The van der Waals surface area contributed by atoms with Crippen LogP contribution >= 0.6 is 11.3 Å². The first-order chi connectivity index (χ1) is 15.2. The molecule has 0 N–H and O–H groups in total. The number of imide groups is 1. The van der Waals surface area contributed by atoms with E-state index in [2.05, 4.69) is 26.9 Å². The number of rotatable bonds is 5. The second-order valence-electron chi connectivity index (χ2n) is 7.53. The van der Waals surface area contributed by atoms with Crippen molar-refractivity contribution in [2.24, 2.45) is 0 Å². The minimum Gasteiger partial charge on any atom is -0.368 e. The highest BCUT2D eigenvalue weighted by Gasteiger charge is 2.42. The summed E-state index contributed by atoms with van der Waals surface area (Å²) in [5.74, 6) is -0.467. The van der Waals surface area contributed by atoms with Gasteiger partial charge in [-0.3, -0.25) is 19.5 Å². The van der Waals surface area contributed by atoms with Crippen molar-refractivity contribution in [1.29, 1.82) is 0 Å². The van der Waals surface area contributed by atoms with Crippen LogP contribution in [0.5, 0.6) is 0 Å². The summed E-state index contributed by atoms with van der Waals surface area (Å²) < 4.78 is 0. The summed E-state index contributed by atoms with van der Waals surface area (Å²) in [5.41, 5.74) is 2.92. The number of piperazine rings is 1. The predicted molar refractivity (Wildman–Crippen MR) is 121 cm³/mol. The summed E-state index contributed by atoms with van der Waals surface area (Å²) in [7, 11) is 0. The Kier molecular flexibility index (Phi) is 5.26. The Morgan fingerprint density at radius 3 is 2.23 bits per heavy atom. The monoisotopic (exact) mass is 430 g/mol. The van der Waals surface area contributed by atoms with Gasteiger partial charge in [0.05, 0.1) is 17.8 Å². The average Bonchev–Trinajstić information content (AvgIpc) is 3.43. The Morgan fingerprint density at radius 1 is 0.806 bits per heavy atom. The number of amides is 2. The van der Waals surface area contributed by atoms with Crippen molar-refractivity contribution in [1.82, 2.24) is 14.8 Å². The number of benzene rings is 1. The third-order valence-electron chi connectivity index (χ3n) is 5.67. The molecule has 3 aromatic rings. The fourth-order valence-corrected chi connectivity index (χ4v) is 4.89. The number of hydrogen-bond acceptors (Lipinski definition) is 6. The molecule has 0 saturated carbocycles. The summed E-state index contributed by atoms with van der Waals surface area (Å²) in [6.07, 6.45) is 1.68. The third-order valence-corrected chi connectivity index (χ3v) is 6.56. The summed E-state index contributed by atoms with van der Waals surface area (Å²) in [6.45, 7) is 3.16. The Hall–Kier alpha value is -3.45. The fraction of sp³-hybridized carbons (Fsp3) is 0.208. The lowest BCUT2D eigenvalue weighted by molar-refractivity contribution is -0.138. The molecule has 2 aliphatic rings. The molecular formula is C24H22N4O2S. The van der Waals surface area contributed by atoms with E-state index in [9.17, 15) is 9.59 Å². The van der Waals surface area contributed by atoms with Gasteiger partial charge < -0.3 is 9.80 Å². The second-order valence-corrected chi connectivity index (χ2v) is 8.48. The number of anilines is 1. The highest BCUT2D eigenvalue weighted by molar-refractivity contribution is 7.11. The lowest BCUT2D eigenvalue weighted by Crippen LogP contribution is -2.47. The molecule has 0 aliphatic carbocycles. The van der Waals surface area contributed by atoms with Gasteiger partial charge in [-0.25, -0.2) is 0 Å². The first kappa shape index (κ1) is 19.5. The number of carbonyl (C=O) groups excluding carboxylic acids is 2. The predicted octanol–water partition coefficient (Wildman–Crippen LogP) is 3.25. The van der Waals surface area contributed by atoms with Crippen LogP contribution in [-0.4, -0.2) is 52.8 Å². The van der Waals surface area contributed by atoms with Crippen LogP contribution in [0.3, 0.4) is 0 Å². The van der Waals surface area contributed by atoms with Crippen LogP contribution in [0.4, 0.5) is 5.69 Å².